The van der Waals surface area contributed by atoms with Gasteiger partial charge in [0.1, 0.15) is 0 Å². The van der Waals surface area contributed by atoms with E-state index >= 15 is 0 Å². The molecule has 0 aliphatic carbocycles. The van der Waals surface area contributed by atoms with E-state index in [1.807, 2.05) is 0 Å². The number of benzene rings is 1. The number of carbonyl (C=O) groups excluding carboxylic acids is 2. The normalized spacial score (nSPS) is 10.8. The molecule has 114 valence electrons. The summed E-state index contributed by atoms with van der Waals surface area (Å²) < 4.78 is 0. The van der Waals surface area contributed by atoms with Gasteiger partial charge in [-0.1, -0.05) is 13.0 Å². The van der Waals surface area contributed by atoms with E-state index < -0.39 is 11.4 Å². The number of hydrogen-bond donors (Lipinski definition) is 3. The zero-order chi connectivity index (χ0) is 16.0. The van der Waals surface area contributed by atoms with Crippen LogP contribution in [0.5, 0.6) is 0 Å². The molecule has 21 heavy (non-hydrogen) atoms. The standard InChI is InChI=1S/C15H20N2O4/c1-4-12(18)16-10-6-5-7-11(8-10)17-13(19)9-15(2,3)14(20)21/h5-8H,4,9H2,1-3H3,(H,16,18)(H,17,19)(H,20,21). The molecule has 0 atom stereocenters. The Bertz CT molecular complexity index is 552. The minimum atomic E-state index is -1.13. The van der Waals surface area contributed by atoms with Crippen molar-refractivity contribution in [2.24, 2.45) is 5.41 Å². The second kappa shape index (κ2) is 6.88. The quantitative estimate of drug-likeness (QED) is 0.750. The van der Waals surface area contributed by atoms with Crippen LogP contribution in [0.25, 0.3) is 0 Å². The fraction of sp³-hybridized carbons (Fsp3) is 0.400. The van der Waals surface area contributed by atoms with E-state index in [2.05, 4.69) is 10.6 Å². The number of amides is 2. The molecule has 0 spiro atoms. The first-order valence-electron chi connectivity index (χ1n) is 6.68. The Morgan fingerprint density at radius 2 is 1.62 bits per heavy atom. The summed E-state index contributed by atoms with van der Waals surface area (Å²) in [5.41, 5.74) is -0.0368. The van der Waals surface area contributed by atoms with Gasteiger partial charge in [-0.05, 0) is 32.0 Å². The van der Waals surface area contributed by atoms with Crippen molar-refractivity contribution in [2.45, 2.75) is 33.6 Å². The van der Waals surface area contributed by atoms with Crippen molar-refractivity contribution < 1.29 is 19.5 Å². The van der Waals surface area contributed by atoms with E-state index in [-0.39, 0.29) is 18.2 Å². The highest BCUT2D eigenvalue weighted by atomic mass is 16.4. The Morgan fingerprint density at radius 3 is 2.10 bits per heavy atom. The molecule has 0 heterocycles. The van der Waals surface area contributed by atoms with Gasteiger partial charge in [0, 0.05) is 24.2 Å². The summed E-state index contributed by atoms with van der Waals surface area (Å²) in [6.07, 6.45) is 0.233. The third-order valence-electron chi connectivity index (χ3n) is 2.93. The number of aliphatic carboxylic acids is 1. The van der Waals surface area contributed by atoms with E-state index in [9.17, 15) is 14.4 Å². The number of anilines is 2. The van der Waals surface area contributed by atoms with Gasteiger partial charge in [0.25, 0.3) is 0 Å². The molecule has 3 N–H and O–H groups in total. The summed E-state index contributed by atoms with van der Waals surface area (Å²) >= 11 is 0. The van der Waals surface area contributed by atoms with Crippen LogP contribution in [0.2, 0.25) is 0 Å². The highest BCUT2D eigenvalue weighted by molar-refractivity contribution is 5.95. The maximum absolute atomic E-state index is 11.9. The fourth-order valence-corrected chi connectivity index (χ4v) is 1.61. The number of carboxylic acid groups (broad SMARTS) is 1. The van der Waals surface area contributed by atoms with Crippen LogP contribution >= 0.6 is 0 Å². The van der Waals surface area contributed by atoms with E-state index in [0.29, 0.717) is 17.8 Å². The van der Waals surface area contributed by atoms with Crippen molar-refractivity contribution in [3.05, 3.63) is 24.3 Å². The molecule has 0 bridgehead atoms. The fourth-order valence-electron chi connectivity index (χ4n) is 1.61. The predicted octanol–water partition coefficient (Wildman–Crippen LogP) is 2.47. The topological polar surface area (TPSA) is 95.5 Å². The van der Waals surface area contributed by atoms with E-state index in [1.54, 1.807) is 31.2 Å². The summed E-state index contributed by atoms with van der Waals surface area (Å²) in [5, 5.41) is 14.3. The van der Waals surface area contributed by atoms with Crippen LogP contribution in [0.3, 0.4) is 0 Å². The Labute approximate surface area is 123 Å². The van der Waals surface area contributed by atoms with E-state index in [4.69, 9.17) is 5.11 Å². The molecule has 0 unspecified atom stereocenters. The largest absolute Gasteiger partial charge is 0.481 e. The van der Waals surface area contributed by atoms with Gasteiger partial charge in [0.05, 0.1) is 5.41 Å². The van der Waals surface area contributed by atoms with Gasteiger partial charge in [0.2, 0.25) is 11.8 Å². The van der Waals surface area contributed by atoms with Gasteiger partial charge < -0.3 is 15.7 Å². The first-order valence-corrected chi connectivity index (χ1v) is 6.68. The molecule has 0 aliphatic rings. The summed E-state index contributed by atoms with van der Waals surface area (Å²) in [6, 6.07) is 6.71. The Kier molecular flexibility index (Phi) is 5.46. The number of carbonyl (C=O) groups is 3. The minimum Gasteiger partial charge on any atom is -0.481 e. The second-order valence-electron chi connectivity index (χ2n) is 5.40. The van der Waals surface area contributed by atoms with Crippen LogP contribution in [-0.4, -0.2) is 22.9 Å². The van der Waals surface area contributed by atoms with Gasteiger partial charge in [-0.2, -0.15) is 0 Å². The van der Waals surface area contributed by atoms with Crippen molar-refractivity contribution in [2.75, 3.05) is 10.6 Å². The van der Waals surface area contributed by atoms with Crippen LogP contribution in [0.15, 0.2) is 24.3 Å². The first-order chi connectivity index (χ1) is 9.74. The lowest BCUT2D eigenvalue weighted by molar-refractivity contribution is -0.149. The highest BCUT2D eigenvalue weighted by Crippen LogP contribution is 2.22. The van der Waals surface area contributed by atoms with Gasteiger partial charge in [-0.25, -0.2) is 0 Å². The van der Waals surface area contributed by atoms with Crippen LogP contribution in [0, 0.1) is 5.41 Å². The van der Waals surface area contributed by atoms with Crippen LogP contribution < -0.4 is 10.6 Å². The monoisotopic (exact) mass is 292 g/mol. The summed E-state index contributed by atoms with van der Waals surface area (Å²) in [4.78, 5) is 34.2. The number of carboxylic acids is 1. The lowest BCUT2D eigenvalue weighted by Crippen LogP contribution is -2.29. The zero-order valence-corrected chi connectivity index (χ0v) is 12.4. The van der Waals surface area contributed by atoms with Crippen molar-refractivity contribution in [1.82, 2.24) is 0 Å². The molecular weight excluding hydrogens is 272 g/mol. The van der Waals surface area contributed by atoms with Gasteiger partial charge in [-0.3, -0.25) is 14.4 Å². The SMILES string of the molecule is CCC(=O)Nc1cccc(NC(=O)CC(C)(C)C(=O)O)c1. The van der Waals surface area contributed by atoms with Crippen molar-refractivity contribution in [1.29, 1.82) is 0 Å². The molecule has 6 heteroatoms. The Hall–Kier alpha value is -2.37. The maximum Gasteiger partial charge on any atom is 0.309 e. The van der Waals surface area contributed by atoms with Gasteiger partial charge >= 0.3 is 5.97 Å². The Balaban J connectivity index is 2.71. The van der Waals surface area contributed by atoms with Crippen LogP contribution in [0.4, 0.5) is 11.4 Å². The van der Waals surface area contributed by atoms with Crippen molar-refractivity contribution in [3.63, 3.8) is 0 Å². The molecule has 0 aromatic heterocycles. The van der Waals surface area contributed by atoms with Crippen LogP contribution in [0.1, 0.15) is 33.6 Å². The summed E-state index contributed by atoms with van der Waals surface area (Å²) in [7, 11) is 0. The van der Waals surface area contributed by atoms with E-state index in [1.165, 1.54) is 13.8 Å². The molecule has 1 rings (SSSR count). The molecule has 1 aromatic rings. The smallest absolute Gasteiger partial charge is 0.309 e. The highest BCUT2D eigenvalue weighted by Gasteiger charge is 2.30. The predicted molar refractivity (Wildman–Crippen MR) is 80.0 cm³/mol. The lowest BCUT2D eigenvalue weighted by atomic mass is 9.89. The van der Waals surface area contributed by atoms with E-state index in [0.717, 1.165) is 0 Å². The molecule has 0 fully saturated rings. The van der Waals surface area contributed by atoms with Gasteiger partial charge in [0.15, 0.2) is 0 Å². The third-order valence-corrected chi connectivity index (χ3v) is 2.93. The molecule has 1 aromatic carbocycles. The molecule has 0 radical (unpaired) electrons. The Morgan fingerprint density at radius 1 is 1.10 bits per heavy atom. The second-order valence-corrected chi connectivity index (χ2v) is 5.40. The number of hydrogen-bond acceptors (Lipinski definition) is 3. The third kappa shape index (κ3) is 5.25. The lowest BCUT2D eigenvalue weighted by Gasteiger charge is -2.18. The molecule has 0 saturated carbocycles. The average molecular weight is 292 g/mol. The summed E-state index contributed by atoms with van der Waals surface area (Å²) in [5.74, 6) is -1.53. The molecule has 0 saturated heterocycles. The molecule has 2 amide bonds. The summed E-state index contributed by atoms with van der Waals surface area (Å²) in [6.45, 7) is 4.73. The maximum atomic E-state index is 11.9. The van der Waals surface area contributed by atoms with Crippen molar-refractivity contribution >= 4 is 29.2 Å². The minimum absolute atomic E-state index is 0.120. The zero-order valence-electron chi connectivity index (χ0n) is 12.4. The molecule has 6 nitrogen and oxygen atoms in total. The number of rotatable bonds is 6. The van der Waals surface area contributed by atoms with Crippen LogP contribution in [-0.2, 0) is 14.4 Å². The molecular formula is C15H20N2O4. The van der Waals surface area contributed by atoms with Gasteiger partial charge in [-0.15, -0.1) is 0 Å². The number of nitrogens with one attached hydrogen (secondary N) is 2. The molecule has 0 aliphatic heterocycles. The first kappa shape index (κ1) is 16.7. The average Bonchev–Trinajstić information content (AvgIpc) is 2.37. The van der Waals surface area contributed by atoms with Crippen molar-refractivity contribution in [3.8, 4) is 0 Å².